The summed E-state index contributed by atoms with van der Waals surface area (Å²) in [7, 11) is -8.73. The molecule has 1 atom stereocenters. The van der Waals surface area contributed by atoms with E-state index in [1.807, 2.05) is 0 Å². The zero-order chi connectivity index (χ0) is 8.31. The SMILES string of the molecule is O=[PH](O)C(P(O)O)P(O)O. The summed E-state index contributed by atoms with van der Waals surface area (Å²) < 4.78 is 10.2. The van der Waals surface area contributed by atoms with Gasteiger partial charge in [0.1, 0.15) is 0 Å². The fourth-order valence-electron chi connectivity index (χ4n) is 0.290. The molecule has 0 saturated heterocycles. The molecule has 0 heterocycles. The second-order valence-corrected chi connectivity index (χ2v) is 6.30. The Morgan fingerprint density at radius 2 is 1.40 bits per heavy atom. The van der Waals surface area contributed by atoms with Crippen LogP contribution in [0.15, 0.2) is 0 Å². The Hall–Kier alpha value is 0.890. The highest BCUT2D eigenvalue weighted by Crippen LogP contribution is 2.59. The van der Waals surface area contributed by atoms with Crippen molar-refractivity contribution in [3.8, 4) is 0 Å². The molecule has 6 nitrogen and oxygen atoms in total. The van der Waals surface area contributed by atoms with Crippen molar-refractivity contribution in [2.45, 2.75) is 5.14 Å². The lowest BCUT2D eigenvalue weighted by Gasteiger charge is -2.14. The average molecular weight is 208 g/mol. The Morgan fingerprint density at radius 1 is 1.10 bits per heavy atom. The summed E-state index contributed by atoms with van der Waals surface area (Å²) >= 11 is 0. The lowest BCUT2D eigenvalue weighted by atomic mass is 11.9. The van der Waals surface area contributed by atoms with Gasteiger partial charge in [-0.15, -0.1) is 0 Å². The van der Waals surface area contributed by atoms with E-state index in [2.05, 4.69) is 0 Å². The van der Waals surface area contributed by atoms with Crippen LogP contribution in [0, 0.1) is 0 Å². The van der Waals surface area contributed by atoms with Crippen molar-refractivity contribution in [3.05, 3.63) is 0 Å². The summed E-state index contributed by atoms with van der Waals surface area (Å²) in [5.74, 6) is 0. The monoisotopic (exact) mass is 208 g/mol. The van der Waals surface area contributed by atoms with Crippen molar-refractivity contribution >= 4 is 24.8 Å². The van der Waals surface area contributed by atoms with Crippen LogP contribution in [0.4, 0.5) is 0 Å². The molecule has 9 heteroatoms. The minimum Gasteiger partial charge on any atom is -0.349 e. The molecule has 0 aromatic carbocycles. The molecule has 0 aliphatic heterocycles. The number of hydrogen-bond donors (Lipinski definition) is 5. The second kappa shape index (κ2) is 4.70. The van der Waals surface area contributed by atoms with Gasteiger partial charge in [-0.3, -0.25) is 4.57 Å². The first-order valence-electron chi connectivity index (χ1n) is 2.03. The third kappa shape index (κ3) is 3.33. The minimum absolute atomic E-state index is 1.66. The zero-order valence-electron chi connectivity index (χ0n) is 4.62. The van der Waals surface area contributed by atoms with Gasteiger partial charge in [0.05, 0.1) is 0 Å². The largest absolute Gasteiger partial charge is 0.349 e. The van der Waals surface area contributed by atoms with Crippen LogP contribution >= 0.6 is 24.8 Å². The molecule has 0 fully saturated rings. The lowest BCUT2D eigenvalue weighted by Crippen LogP contribution is -1.95. The Morgan fingerprint density at radius 3 is 1.40 bits per heavy atom. The number of hydrogen-bond acceptors (Lipinski definition) is 5. The molecule has 0 spiro atoms. The van der Waals surface area contributed by atoms with Gasteiger partial charge in [-0.25, -0.2) is 0 Å². The summed E-state index contributed by atoms with van der Waals surface area (Å²) in [6, 6.07) is 0. The quantitative estimate of drug-likeness (QED) is 0.392. The molecule has 0 aliphatic carbocycles. The zero-order valence-corrected chi connectivity index (χ0v) is 7.40. The van der Waals surface area contributed by atoms with E-state index in [4.69, 9.17) is 24.5 Å². The molecule has 0 radical (unpaired) electrons. The average Bonchev–Trinajstić information content (AvgIpc) is 1.59. The molecule has 0 aliphatic rings. The van der Waals surface area contributed by atoms with E-state index in [1.54, 1.807) is 0 Å². The van der Waals surface area contributed by atoms with Gasteiger partial charge < -0.3 is 24.5 Å². The fourth-order valence-corrected chi connectivity index (χ4v) is 2.61. The normalized spacial score (nSPS) is 15.2. The van der Waals surface area contributed by atoms with E-state index in [1.165, 1.54) is 0 Å². The van der Waals surface area contributed by atoms with E-state index < -0.39 is 29.9 Å². The molecule has 62 valence electrons. The van der Waals surface area contributed by atoms with Crippen molar-refractivity contribution in [2.75, 3.05) is 0 Å². The topological polar surface area (TPSA) is 118 Å². The Labute approximate surface area is 59.8 Å². The maximum atomic E-state index is 10.2. The van der Waals surface area contributed by atoms with Crippen molar-refractivity contribution in [2.24, 2.45) is 0 Å². The summed E-state index contributed by atoms with van der Waals surface area (Å²) in [6.45, 7) is 0. The van der Waals surface area contributed by atoms with Crippen LogP contribution in [0.3, 0.4) is 0 Å². The minimum atomic E-state index is -3.26. The van der Waals surface area contributed by atoms with Gasteiger partial charge in [-0.05, 0) is 0 Å². The van der Waals surface area contributed by atoms with Crippen LogP contribution in [-0.2, 0) is 4.57 Å². The summed E-state index contributed by atoms with van der Waals surface area (Å²) in [5.41, 5.74) is 0. The highest BCUT2D eigenvalue weighted by atomic mass is 31.3. The van der Waals surface area contributed by atoms with Gasteiger partial charge in [0.2, 0.25) is 8.03 Å². The van der Waals surface area contributed by atoms with Crippen LogP contribution < -0.4 is 0 Å². The van der Waals surface area contributed by atoms with Crippen LogP contribution in [0.25, 0.3) is 0 Å². The van der Waals surface area contributed by atoms with Gasteiger partial charge in [0, 0.05) is 0 Å². The summed E-state index contributed by atoms with van der Waals surface area (Å²) in [4.78, 5) is 41.6. The third-order valence-corrected chi connectivity index (χ3v) is 5.93. The van der Waals surface area contributed by atoms with Gasteiger partial charge in [-0.1, -0.05) is 0 Å². The van der Waals surface area contributed by atoms with Crippen molar-refractivity contribution < 1.29 is 29.0 Å². The molecule has 10 heavy (non-hydrogen) atoms. The lowest BCUT2D eigenvalue weighted by molar-refractivity contribution is 0.451. The molecule has 0 aromatic heterocycles. The third-order valence-electron chi connectivity index (χ3n) is 0.658. The Bertz CT molecular complexity index is 114. The maximum Gasteiger partial charge on any atom is 0.209 e. The van der Waals surface area contributed by atoms with Crippen LogP contribution in [0.1, 0.15) is 0 Å². The van der Waals surface area contributed by atoms with Crippen LogP contribution in [0.5, 0.6) is 0 Å². The highest BCUT2D eigenvalue weighted by Gasteiger charge is 2.30. The van der Waals surface area contributed by atoms with Gasteiger partial charge >= 0.3 is 0 Å². The molecular weight excluding hydrogens is 201 g/mol. The smallest absolute Gasteiger partial charge is 0.209 e. The van der Waals surface area contributed by atoms with E-state index in [0.717, 1.165) is 0 Å². The summed E-state index contributed by atoms with van der Waals surface area (Å²) in [5, 5.41) is -1.66. The van der Waals surface area contributed by atoms with Crippen LogP contribution in [0.2, 0.25) is 0 Å². The standard InChI is InChI=1S/CH7O6P3/c2-8(3)1(9(4)5)10(6)7/h1-5,10H,(H,6,7). The molecule has 0 saturated carbocycles. The molecule has 0 aromatic rings. The predicted octanol–water partition coefficient (Wildman–Crippen LogP) is -0.670. The first kappa shape index (κ1) is 10.9. The molecular formula is CH7O6P3. The van der Waals surface area contributed by atoms with E-state index in [-0.39, 0.29) is 0 Å². The Balaban J connectivity index is 4.12. The predicted molar refractivity (Wildman–Crippen MR) is 37.7 cm³/mol. The van der Waals surface area contributed by atoms with Gasteiger partial charge in [-0.2, -0.15) is 0 Å². The van der Waals surface area contributed by atoms with E-state index in [0.29, 0.717) is 0 Å². The summed E-state index contributed by atoms with van der Waals surface area (Å²) in [6.07, 6.45) is 0. The first-order chi connectivity index (χ1) is 4.46. The van der Waals surface area contributed by atoms with Crippen molar-refractivity contribution in [3.63, 3.8) is 0 Å². The van der Waals surface area contributed by atoms with E-state index in [9.17, 15) is 4.57 Å². The number of rotatable bonds is 3. The molecule has 0 bridgehead atoms. The Kier molecular flexibility index (Phi) is 5.12. The van der Waals surface area contributed by atoms with Crippen molar-refractivity contribution in [1.82, 2.24) is 0 Å². The van der Waals surface area contributed by atoms with E-state index >= 15 is 0 Å². The fraction of sp³-hybridized carbons (Fsp3) is 1.00. The molecule has 0 rings (SSSR count). The maximum absolute atomic E-state index is 10.2. The van der Waals surface area contributed by atoms with Crippen molar-refractivity contribution in [1.29, 1.82) is 0 Å². The molecule has 0 amide bonds. The van der Waals surface area contributed by atoms with Crippen LogP contribution in [-0.4, -0.2) is 29.6 Å². The molecule has 5 N–H and O–H groups in total. The highest BCUT2D eigenvalue weighted by molar-refractivity contribution is 7.78. The first-order valence-corrected chi connectivity index (χ1v) is 6.10. The second-order valence-electron chi connectivity index (χ2n) is 1.35. The molecule has 1 unspecified atom stereocenters. The van der Waals surface area contributed by atoms with Gasteiger partial charge in [0.15, 0.2) is 21.9 Å². The van der Waals surface area contributed by atoms with Gasteiger partial charge in [0.25, 0.3) is 0 Å².